The maximum atomic E-state index is 4.38. The van der Waals surface area contributed by atoms with Crippen LogP contribution in [0.5, 0.6) is 0 Å². The van der Waals surface area contributed by atoms with Crippen LogP contribution in [0.4, 0.5) is 0 Å². The summed E-state index contributed by atoms with van der Waals surface area (Å²) in [6.45, 7) is 9.91. The molecule has 0 saturated heterocycles. The Kier molecular flexibility index (Phi) is 5.39. The smallest absolute Gasteiger partial charge is 0.133 e. The number of aromatic nitrogens is 2. The molecule has 1 aromatic heterocycles. The molecular formula is C13H23N3. The summed E-state index contributed by atoms with van der Waals surface area (Å²) < 4.78 is 0. The maximum absolute atomic E-state index is 4.38. The minimum atomic E-state index is 0.382. The van der Waals surface area contributed by atoms with Gasteiger partial charge in [0.2, 0.25) is 0 Å². The molecule has 16 heavy (non-hydrogen) atoms. The van der Waals surface area contributed by atoms with E-state index >= 15 is 0 Å². The predicted molar refractivity (Wildman–Crippen MR) is 67.4 cm³/mol. The number of rotatable bonds is 6. The first-order valence-electron chi connectivity index (χ1n) is 6.17. The minimum Gasteiger partial charge on any atom is -0.314 e. The average Bonchev–Trinajstić information content (AvgIpc) is 2.27. The highest BCUT2D eigenvalue weighted by molar-refractivity contribution is 5.02. The highest BCUT2D eigenvalue weighted by Gasteiger charge is 2.24. The Morgan fingerprint density at radius 3 is 2.31 bits per heavy atom. The zero-order valence-corrected chi connectivity index (χ0v) is 10.8. The van der Waals surface area contributed by atoms with Gasteiger partial charge in [-0.3, -0.25) is 0 Å². The fourth-order valence-electron chi connectivity index (χ4n) is 2.08. The Labute approximate surface area is 98.7 Å². The normalized spacial score (nSPS) is 15.1. The fraction of sp³-hybridized carbons (Fsp3) is 0.692. The van der Waals surface area contributed by atoms with Gasteiger partial charge < -0.3 is 5.32 Å². The standard InChI is InChI=1S/C13H23N3/c1-5-7-14-11(4)12(10(2)3)13-15-8-6-9-16-13/h6,8-12,14H,5,7H2,1-4H3. The van der Waals surface area contributed by atoms with E-state index in [-0.39, 0.29) is 0 Å². The summed E-state index contributed by atoms with van der Waals surface area (Å²) >= 11 is 0. The molecule has 0 aromatic carbocycles. The van der Waals surface area contributed by atoms with Gasteiger partial charge in [-0.05, 0) is 31.9 Å². The molecule has 0 fully saturated rings. The molecule has 0 radical (unpaired) electrons. The van der Waals surface area contributed by atoms with Crippen LogP contribution in [-0.4, -0.2) is 22.6 Å². The highest BCUT2D eigenvalue weighted by atomic mass is 14.9. The van der Waals surface area contributed by atoms with E-state index in [0.29, 0.717) is 17.9 Å². The molecule has 3 nitrogen and oxygen atoms in total. The summed E-state index contributed by atoms with van der Waals surface area (Å²) in [6, 6.07) is 2.28. The summed E-state index contributed by atoms with van der Waals surface area (Å²) in [4.78, 5) is 8.76. The molecule has 3 heteroatoms. The van der Waals surface area contributed by atoms with Gasteiger partial charge in [0.1, 0.15) is 5.82 Å². The summed E-state index contributed by atoms with van der Waals surface area (Å²) in [5.74, 6) is 1.88. The van der Waals surface area contributed by atoms with Crippen LogP contribution in [0.3, 0.4) is 0 Å². The Morgan fingerprint density at radius 2 is 1.81 bits per heavy atom. The first-order valence-corrected chi connectivity index (χ1v) is 6.17. The number of hydrogen-bond acceptors (Lipinski definition) is 3. The third kappa shape index (κ3) is 3.56. The van der Waals surface area contributed by atoms with E-state index in [1.165, 1.54) is 0 Å². The zero-order chi connectivity index (χ0) is 12.0. The fourth-order valence-corrected chi connectivity index (χ4v) is 2.08. The third-order valence-corrected chi connectivity index (χ3v) is 2.86. The lowest BCUT2D eigenvalue weighted by Crippen LogP contribution is -2.36. The number of nitrogens with zero attached hydrogens (tertiary/aromatic N) is 2. The van der Waals surface area contributed by atoms with Gasteiger partial charge in [-0.1, -0.05) is 20.8 Å². The van der Waals surface area contributed by atoms with Gasteiger partial charge in [-0.25, -0.2) is 9.97 Å². The molecule has 0 saturated carbocycles. The van der Waals surface area contributed by atoms with Crippen LogP contribution in [0.2, 0.25) is 0 Å². The summed E-state index contributed by atoms with van der Waals surface area (Å²) in [6.07, 6.45) is 4.80. The van der Waals surface area contributed by atoms with E-state index in [2.05, 4.69) is 43.0 Å². The molecule has 1 heterocycles. The highest BCUT2D eigenvalue weighted by Crippen LogP contribution is 2.24. The molecule has 0 aliphatic rings. The predicted octanol–water partition coefficient (Wildman–Crippen LogP) is 2.60. The van der Waals surface area contributed by atoms with Crippen molar-refractivity contribution in [3.8, 4) is 0 Å². The summed E-state index contributed by atoms with van der Waals surface area (Å²) in [5.41, 5.74) is 0. The first kappa shape index (κ1) is 13.1. The van der Waals surface area contributed by atoms with Gasteiger partial charge in [-0.2, -0.15) is 0 Å². The van der Waals surface area contributed by atoms with Crippen molar-refractivity contribution in [2.75, 3.05) is 6.54 Å². The van der Waals surface area contributed by atoms with Crippen molar-refractivity contribution in [2.45, 2.75) is 46.1 Å². The van der Waals surface area contributed by atoms with Crippen LogP contribution in [0, 0.1) is 5.92 Å². The molecule has 0 aliphatic heterocycles. The van der Waals surface area contributed by atoms with Crippen molar-refractivity contribution in [3.05, 3.63) is 24.3 Å². The molecular weight excluding hydrogens is 198 g/mol. The van der Waals surface area contributed by atoms with Crippen LogP contribution in [-0.2, 0) is 0 Å². The lowest BCUT2D eigenvalue weighted by molar-refractivity contribution is 0.363. The molecule has 90 valence electrons. The number of nitrogens with one attached hydrogen (secondary N) is 1. The molecule has 0 spiro atoms. The van der Waals surface area contributed by atoms with Gasteiger partial charge in [0, 0.05) is 24.4 Å². The quantitative estimate of drug-likeness (QED) is 0.802. The number of hydrogen-bond donors (Lipinski definition) is 1. The topological polar surface area (TPSA) is 37.8 Å². The molecule has 1 aromatic rings. The molecule has 0 bridgehead atoms. The van der Waals surface area contributed by atoms with Crippen molar-refractivity contribution >= 4 is 0 Å². The largest absolute Gasteiger partial charge is 0.314 e. The maximum Gasteiger partial charge on any atom is 0.133 e. The zero-order valence-electron chi connectivity index (χ0n) is 10.8. The van der Waals surface area contributed by atoms with Crippen molar-refractivity contribution in [1.82, 2.24) is 15.3 Å². The van der Waals surface area contributed by atoms with E-state index in [1.807, 2.05) is 18.5 Å². The lowest BCUT2D eigenvalue weighted by Gasteiger charge is -2.26. The monoisotopic (exact) mass is 221 g/mol. The van der Waals surface area contributed by atoms with Gasteiger partial charge in [-0.15, -0.1) is 0 Å². The molecule has 0 amide bonds. The Morgan fingerprint density at radius 1 is 1.19 bits per heavy atom. The molecule has 2 unspecified atom stereocenters. The van der Waals surface area contributed by atoms with Crippen LogP contribution < -0.4 is 5.32 Å². The van der Waals surface area contributed by atoms with E-state index in [0.717, 1.165) is 18.8 Å². The van der Waals surface area contributed by atoms with E-state index in [4.69, 9.17) is 0 Å². The van der Waals surface area contributed by atoms with Gasteiger partial charge >= 0.3 is 0 Å². The van der Waals surface area contributed by atoms with Crippen LogP contribution in [0.25, 0.3) is 0 Å². The molecule has 0 aliphatic carbocycles. The van der Waals surface area contributed by atoms with Gasteiger partial charge in [0.05, 0.1) is 0 Å². The second-order valence-electron chi connectivity index (χ2n) is 4.62. The van der Waals surface area contributed by atoms with Crippen molar-refractivity contribution in [2.24, 2.45) is 5.92 Å². The van der Waals surface area contributed by atoms with Crippen LogP contribution in [0.1, 0.15) is 45.9 Å². The molecule has 2 atom stereocenters. The summed E-state index contributed by atoms with van der Waals surface area (Å²) in [5, 5.41) is 3.53. The molecule has 1 rings (SSSR count). The van der Waals surface area contributed by atoms with Gasteiger partial charge in [0.15, 0.2) is 0 Å². The minimum absolute atomic E-state index is 0.382. The van der Waals surface area contributed by atoms with E-state index in [1.54, 1.807) is 0 Å². The molecule has 1 N–H and O–H groups in total. The second kappa shape index (κ2) is 6.59. The van der Waals surface area contributed by atoms with Gasteiger partial charge in [0.25, 0.3) is 0 Å². The first-order chi connectivity index (χ1) is 7.66. The second-order valence-corrected chi connectivity index (χ2v) is 4.62. The van der Waals surface area contributed by atoms with E-state index in [9.17, 15) is 0 Å². The SMILES string of the molecule is CCCNC(C)C(c1ncccn1)C(C)C. The van der Waals surface area contributed by atoms with Crippen molar-refractivity contribution in [3.63, 3.8) is 0 Å². The van der Waals surface area contributed by atoms with Crippen molar-refractivity contribution < 1.29 is 0 Å². The Hall–Kier alpha value is -0.960. The van der Waals surface area contributed by atoms with Crippen LogP contribution >= 0.6 is 0 Å². The third-order valence-electron chi connectivity index (χ3n) is 2.86. The van der Waals surface area contributed by atoms with E-state index < -0.39 is 0 Å². The summed E-state index contributed by atoms with van der Waals surface area (Å²) in [7, 11) is 0. The van der Waals surface area contributed by atoms with Crippen molar-refractivity contribution in [1.29, 1.82) is 0 Å². The Balaban J connectivity index is 2.75. The van der Waals surface area contributed by atoms with Crippen LogP contribution in [0.15, 0.2) is 18.5 Å². The lowest BCUT2D eigenvalue weighted by atomic mass is 9.88. The Bertz CT molecular complexity index is 284. The average molecular weight is 221 g/mol.